The van der Waals surface area contributed by atoms with Crippen LogP contribution in [0.4, 0.5) is 13.2 Å². The van der Waals surface area contributed by atoms with Crippen molar-refractivity contribution in [1.29, 1.82) is 5.26 Å². The molecule has 0 spiro atoms. The molecule has 1 aromatic carbocycles. The molecule has 1 amide bonds. The number of hydrogen-bond donors (Lipinski definition) is 1. The molecule has 1 fully saturated rings. The van der Waals surface area contributed by atoms with E-state index >= 15 is 0 Å². The lowest BCUT2D eigenvalue weighted by atomic mass is 10.1. The summed E-state index contributed by atoms with van der Waals surface area (Å²) in [4.78, 5) is 20.4. The maximum absolute atomic E-state index is 13.1. The summed E-state index contributed by atoms with van der Waals surface area (Å²) in [5.74, 6) is -0.585. The highest BCUT2D eigenvalue weighted by Gasteiger charge is 2.47. The van der Waals surface area contributed by atoms with E-state index in [9.17, 15) is 26.4 Å². The molecule has 172 valence electrons. The first-order chi connectivity index (χ1) is 15.5. The average molecular weight is 496 g/mol. The molecule has 2 heterocycles. The minimum absolute atomic E-state index is 0.0836. The number of benzene rings is 1. The van der Waals surface area contributed by atoms with Crippen molar-refractivity contribution in [2.45, 2.75) is 42.1 Å². The SMILES string of the molecule is C[C@H](NC(=O)c1cc(C2CC2)cc(S(=O)(=O)C(F)(F)F)c1)c1ncnn1-c1ncc(C#N)s1. The number of nitrogens with zero attached hydrogens (tertiary/aromatic N) is 5. The maximum atomic E-state index is 13.1. The number of sulfone groups is 1. The van der Waals surface area contributed by atoms with Crippen LogP contribution in [-0.4, -0.2) is 39.6 Å². The molecule has 1 saturated carbocycles. The second-order valence-electron chi connectivity index (χ2n) is 7.36. The highest BCUT2D eigenvalue weighted by molar-refractivity contribution is 7.92. The van der Waals surface area contributed by atoms with Gasteiger partial charge in [0.15, 0.2) is 5.82 Å². The van der Waals surface area contributed by atoms with Gasteiger partial charge in [-0.1, -0.05) is 11.3 Å². The lowest BCUT2D eigenvalue weighted by molar-refractivity contribution is -0.0436. The fourth-order valence-electron chi connectivity index (χ4n) is 3.15. The second-order valence-corrected chi connectivity index (χ2v) is 10.3. The standard InChI is InChI=1S/C19H15F3N6O3S2/c1-10(16-25-9-26-28(16)18-24-8-14(7-23)32-18)27-17(29)13-4-12(11-2-3-11)5-15(6-13)33(30,31)19(20,21)22/h4-6,8-11H,2-3H2,1H3,(H,27,29)/t10-/m0/s1. The Kier molecular flexibility index (Phi) is 5.71. The molecular weight excluding hydrogens is 481 g/mol. The number of alkyl halides is 3. The zero-order chi connectivity index (χ0) is 24.0. The fraction of sp³-hybridized carbons (Fsp3) is 0.316. The van der Waals surface area contributed by atoms with Gasteiger partial charge in [-0.2, -0.15) is 28.2 Å². The summed E-state index contributed by atoms with van der Waals surface area (Å²) in [6.07, 6.45) is 4.00. The van der Waals surface area contributed by atoms with Crippen LogP contribution in [0.15, 0.2) is 35.6 Å². The number of carbonyl (C=O) groups excluding carboxylic acids is 1. The number of nitriles is 1. The molecule has 1 atom stereocenters. The molecule has 0 aliphatic heterocycles. The molecule has 4 rings (SSSR count). The highest BCUT2D eigenvalue weighted by atomic mass is 32.2. The van der Waals surface area contributed by atoms with Crippen LogP contribution in [-0.2, 0) is 9.84 Å². The Morgan fingerprint density at radius 2 is 2.03 bits per heavy atom. The van der Waals surface area contributed by atoms with E-state index in [4.69, 9.17) is 5.26 Å². The molecule has 2 aromatic heterocycles. The first-order valence-electron chi connectivity index (χ1n) is 9.54. The monoisotopic (exact) mass is 496 g/mol. The van der Waals surface area contributed by atoms with E-state index in [-0.39, 0.29) is 17.3 Å². The topological polar surface area (TPSA) is 131 Å². The van der Waals surface area contributed by atoms with Gasteiger partial charge in [0.1, 0.15) is 17.3 Å². The van der Waals surface area contributed by atoms with Crippen molar-refractivity contribution >= 4 is 27.1 Å². The van der Waals surface area contributed by atoms with E-state index in [0.29, 0.717) is 28.4 Å². The van der Waals surface area contributed by atoms with Crippen LogP contribution in [0.25, 0.3) is 5.13 Å². The molecule has 0 bridgehead atoms. The van der Waals surface area contributed by atoms with Gasteiger partial charge in [0.05, 0.1) is 17.1 Å². The first-order valence-corrected chi connectivity index (χ1v) is 11.8. The Morgan fingerprint density at radius 3 is 2.64 bits per heavy atom. The number of thiazole rings is 1. The highest BCUT2D eigenvalue weighted by Crippen LogP contribution is 2.42. The molecule has 3 aromatic rings. The molecule has 9 nitrogen and oxygen atoms in total. The van der Waals surface area contributed by atoms with Crippen molar-refractivity contribution in [3.05, 3.63) is 52.6 Å². The van der Waals surface area contributed by atoms with Crippen LogP contribution in [0.2, 0.25) is 0 Å². The Morgan fingerprint density at radius 1 is 1.30 bits per heavy atom. The van der Waals surface area contributed by atoms with Crippen LogP contribution < -0.4 is 5.32 Å². The minimum atomic E-state index is -5.62. The number of carbonyl (C=O) groups is 1. The predicted octanol–water partition coefficient (Wildman–Crippen LogP) is 3.26. The normalized spacial score (nSPS) is 15.1. The zero-order valence-corrected chi connectivity index (χ0v) is 18.5. The van der Waals surface area contributed by atoms with E-state index in [1.54, 1.807) is 6.92 Å². The summed E-state index contributed by atoms with van der Waals surface area (Å²) >= 11 is 1.06. The molecular formula is C19H15F3N6O3S2. The van der Waals surface area contributed by atoms with Gasteiger partial charge in [0, 0.05) is 5.56 Å². The Labute approximate surface area is 189 Å². The molecule has 0 saturated heterocycles. The number of aromatic nitrogens is 4. The van der Waals surface area contributed by atoms with Gasteiger partial charge >= 0.3 is 5.51 Å². The number of rotatable bonds is 6. The maximum Gasteiger partial charge on any atom is 0.501 e. The second kappa shape index (κ2) is 8.23. The Bertz CT molecular complexity index is 1370. The van der Waals surface area contributed by atoms with Gasteiger partial charge in [-0.05, 0) is 49.4 Å². The third-order valence-electron chi connectivity index (χ3n) is 4.95. The fourth-order valence-corrected chi connectivity index (χ4v) is 4.67. The molecule has 1 aliphatic carbocycles. The Balaban J connectivity index is 1.63. The third-order valence-corrected chi connectivity index (χ3v) is 7.29. The third kappa shape index (κ3) is 4.46. The average Bonchev–Trinajstić information content (AvgIpc) is 3.30. The van der Waals surface area contributed by atoms with E-state index in [0.717, 1.165) is 23.5 Å². The molecule has 14 heteroatoms. The van der Waals surface area contributed by atoms with Crippen LogP contribution in [0.5, 0.6) is 0 Å². The van der Waals surface area contributed by atoms with Crippen LogP contribution in [0.3, 0.4) is 0 Å². The van der Waals surface area contributed by atoms with E-state index in [1.807, 2.05) is 6.07 Å². The van der Waals surface area contributed by atoms with Gasteiger partial charge in [0.25, 0.3) is 15.7 Å². The van der Waals surface area contributed by atoms with Crippen molar-refractivity contribution in [2.24, 2.45) is 0 Å². The predicted molar refractivity (Wildman–Crippen MR) is 109 cm³/mol. The number of halogens is 3. The molecule has 1 N–H and O–H groups in total. The number of amides is 1. The van der Waals surface area contributed by atoms with Gasteiger partial charge in [0.2, 0.25) is 5.13 Å². The first kappa shape index (κ1) is 22.9. The van der Waals surface area contributed by atoms with Gasteiger partial charge in [-0.15, -0.1) is 0 Å². The van der Waals surface area contributed by atoms with E-state index in [1.165, 1.54) is 23.3 Å². The molecule has 0 unspecified atom stereocenters. The molecule has 1 aliphatic rings. The van der Waals surface area contributed by atoms with Crippen LogP contribution >= 0.6 is 11.3 Å². The Hall–Kier alpha value is -3.31. The lowest BCUT2D eigenvalue weighted by Crippen LogP contribution is -2.29. The van der Waals surface area contributed by atoms with Gasteiger partial charge < -0.3 is 5.32 Å². The van der Waals surface area contributed by atoms with E-state index in [2.05, 4.69) is 20.4 Å². The summed E-state index contributed by atoms with van der Waals surface area (Å²) < 4.78 is 64.5. The molecule has 0 radical (unpaired) electrons. The van der Waals surface area contributed by atoms with E-state index < -0.39 is 32.2 Å². The quantitative estimate of drug-likeness (QED) is 0.554. The largest absolute Gasteiger partial charge is 0.501 e. The van der Waals surface area contributed by atoms with Gasteiger partial charge in [-0.3, -0.25) is 4.79 Å². The smallest absolute Gasteiger partial charge is 0.342 e. The van der Waals surface area contributed by atoms with Crippen molar-refractivity contribution in [2.75, 3.05) is 0 Å². The summed E-state index contributed by atoms with van der Waals surface area (Å²) in [5, 5.41) is 16.0. The molecule has 33 heavy (non-hydrogen) atoms. The summed E-state index contributed by atoms with van der Waals surface area (Å²) in [7, 11) is -5.62. The van der Waals surface area contributed by atoms with Crippen LogP contribution in [0.1, 0.15) is 58.3 Å². The minimum Gasteiger partial charge on any atom is -0.342 e. The summed E-state index contributed by atoms with van der Waals surface area (Å²) in [6.45, 7) is 1.58. The summed E-state index contributed by atoms with van der Waals surface area (Å²) in [5.41, 5.74) is -5.32. The van der Waals surface area contributed by atoms with Crippen molar-refractivity contribution < 1.29 is 26.4 Å². The van der Waals surface area contributed by atoms with Crippen molar-refractivity contribution in [1.82, 2.24) is 25.1 Å². The lowest BCUT2D eigenvalue weighted by Gasteiger charge is -2.15. The summed E-state index contributed by atoms with van der Waals surface area (Å²) in [6, 6.07) is 4.30. The number of nitrogens with one attached hydrogen (secondary N) is 1. The van der Waals surface area contributed by atoms with Crippen LogP contribution in [0, 0.1) is 11.3 Å². The number of hydrogen-bond acceptors (Lipinski definition) is 8. The zero-order valence-electron chi connectivity index (χ0n) is 16.9. The van der Waals surface area contributed by atoms with Crippen molar-refractivity contribution in [3.63, 3.8) is 0 Å². The van der Waals surface area contributed by atoms with Crippen molar-refractivity contribution in [3.8, 4) is 11.2 Å². The van der Waals surface area contributed by atoms with Gasteiger partial charge in [-0.25, -0.2) is 18.4 Å².